The van der Waals surface area contributed by atoms with Crippen LogP contribution in [-0.2, 0) is 25.6 Å². The predicted molar refractivity (Wildman–Crippen MR) is 108 cm³/mol. The van der Waals surface area contributed by atoms with E-state index in [4.69, 9.17) is 21.1 Å². The summed E-state index contributed by atoms with van der Waals surface area (Å²) in [6, 6.07) is 7.27. The molecule has 2 fully saturated rings. The number of β-amino-alcohol motifs (C(OH)–C–C–N with tert-alkyl or cyclic N) is 1. The maximum absolute atomic E-state index is 12.4. The molecule has 3 rings (SSSR count). The van der Waals surface area contributed by atoms with Crippen molar-refractivity contribution in [2.45, 2.75) is 63.5 Å². The van der Waals surface area contributed by atoms with Crippen molar-refractivity contribution in [2.24, 2.45) is 0 Å². The van der Waals surface area contributed by atoms with Gasteiger partial charge in [-0.25, -0.2) is 0 Å². The van der Waals surface area contributed by atoms with E-state index in [1.54, 1.807) is 11.0 Å². The minimum atomic E-state index is -0.695. The number of aliphatic hydroxyl groups excluding tert-OH is 1. The monoisotopic (exact) mass is 424 g/mol. The highest BCUT2D eigenvalue weighted by atomic mass is 35.5. The molecule has 0 radical (unpaired) electrons. The van der Waals surface area contributed by atoms with Crippen LogP contribution < -0.4 is 5.32 Å². The summed E-state index contributed by atoms with van der Waals surface area (Å²) >= 11 is 6.13. The lowest BCUT2D eigenvalue weighted by atomic mass is 9.94. The molecule has 1 aromatic carbocycles. The standard InChI is InChI=1S/C21H29ClN2O5/c1-2-21(27)24-11-15(25)12-28-13-19-18(24)8-7-16(29-19)9-20(26)23-10-14-5-3-4-6-17(14)22/h3-6,15-16,18-19,25H,2,7-13H2,1H3,(H,23,26)/t15-,16-,18+,19-/m1/s1. The van der Waals surface area contributed by atoms with Crippen LogP contribution in [0.25, 0.3) is 0 Å². The zero-order chi connectivity index (χ0) is 20.8. The molecule has 0 aromatic heterocycles. The van der Waals surface area contributed by atoms with Gasteiger partial charge in [0, 0.05) is 24.5 Å². The number of nitrogens with one attached hydrogen (secondary N) is 1. The molecule has 2 amide bonds. The lowest BCUT2D eigenvalue weighted by molar-refractivity contribution is -0.169. The van der Waals surface area contributed by atoms with Crippen LogP contribution in [0, 0.1) is 0 Å². The molecule has 1 aromatic rings. The van der Waals surface area contributed by atoms with Gasteiger partial charge in [-0.3, -0.25) is 9.59 Å². The number of aliphatic hydroxyl groups is 1. The number of carbonyl (C=O) groups excluding carboxylic acids is 2. The van der Waals surface area contributed by atoms with E-state index in [0.717, 1.165) is 12.0 Å². The second-order valence-corrected chi connectivity index (χ2v) is 8.01. The van der Waals surface area contributed by atoms with Crippen LogP contribution in [0.2, 0.25) is 5.02 Å². The molecule has 29 heavy (non-hydrogen) atoms. The molecule has 0 aliphatic carbocycles. The average molecular weight is 425 g/mol. The number of hydrogen-bond donors (Lipinski definition) is 2. The number of fused-ring (bicyclic) bond motifs is 1. The summed E-state index contributed by atoms with van der Waals surface area (Å²) in [5, 5.41) is 13.6. The Morgan fingerprint density at radius 1 is 1.28 bits per heavy atom. The third kappa shape index (κ3) is 5.92. The smallest absolute Gasteiger partial charge is 0.222 e. The molecule has 2 aliphatic rings. The second kappa shape index (κ2) is 10.4. The van der Waals surface area contributed by atoms with Crippen molar-refractivity contribution >= 4 is 23.4 Å². The fourth-order valence-electron chi connectivity index (χ4n) is 3.95. The number of benzene rings is 1. The van der Waals surface area contributed by atoms with Gasteiger partial charge in [0.05, 0.1) is 37.9 Å². The Hall–Kier alpha value is -1.67. The zero-order valence-corrected chi connectivity index (χ0v) is 17.4. The predicted octanol–water partition coefficient (Wildman–Crippen LogP) is 1.89. The van der Waals surface area contributed by atoms with Crippen molar-refractivity contribution in [2.75, 3.05) is 19.8 Å². The molecule has 2 saturated heterocycles. The van der Waals surface area contributed by atoms with Gasteiger partial charge in [-0.15, -0.1) is 0 Å². The SMILES string of the molecule is CCC(=O)N1C[C@@H](O)COC[C@H]2O[C@@H](CC(=O)NCc3ccccc3Cl)CC[C@@H]21. The quantitative estimate of drug-likeness (QED) is 0.753. The molecule has 2 N–H and O–H groups in total. The molecule has 7 nitrogen and oxygen atoms in total. The van der Waals surface area contributed by atoms with Crippen LogP contribution in [0.5, 0.6) is 0 Å². The Kier molecular flexibility index (Phi) is 7.89. The van der Waals surface area contributed by atoms with Gasteiger partial charge in [-0.1, -0.05) is 36.7 Å². The van der Waals surface area contributed by atoms with Crippen molar-refractivity contribution in [3.05, 3.63) is 34.9 Å². The van der Waals surface area contributed by atoms with Gasteiger partial charge >= 0.3 is 0 Å². The van der Waals surface area contributed by atoms with Crippen molar-refractivity contribution in [1.82, 2.24) is 10.2 Å². The highest BCUT2D eigenvalue weighted by molar-refractivity contribution is 6.31. The van der Waals surface area contributed by atoms with Gasteiger partial charge in [-0.05, 0) is 24.5 Å². The Labute approximate surface area is 176 Å². The first-order chi connectivity index (χ1) is 14.0. The summed E-state index contributed by atoms with van der Waals surface area (Å²) < 4.78 is 11.7. The average Bonchev–Trinajstić information content (AvgIpc) is 2.70. The molecular formula is C21H29ClN2O5. The maximum Gasteiger partial charge on any atom is 0.222 e. The topological polar surface area (TPSA) is 88.1 Å². The number of nitrogens with zero attached hydrogens (tertiary/aromatic N) is 1. The molecule has 8 heteroatoms. The van der Waals surface area contributed by atoms with E-state index >= 15 is 0 Å². The Balaban J connectivity index is 1.55. The lowest BCUT2D eigenvalue weighted by Gasteiger charge is -2.44. The maximum atomic E-state index is 12.4. The fourth-order valence-corrected chi connectivity index (χ4v) is 4.15. The normalized spacial score (nSPS) is 27.5. The van der Waals surface area contributed by atoms with E-state index < -0.39 is 6.10 Å². The van der Waals surface area contributed by atoms with Crippen LogP contribution >= 0.6 is 11.6 Å². The largest absolute Gasteiger partial charge is 0.389 e. The van der Waals surface area contributed by atoms with Crippen LogP contribution in [0.3, 0.4) is 0 Å². The Morgan fingerprint density at radius 3 is 2.83 bits per heavy atom. The minimum absolute atomic E-state index is 0.000447. The summed E-state index contributed by atoms with van der Waals surface area (Å²) in [6.45, 7) is 2.90. The number of ether oxygens (including phenoxy) is 2. The number of amides is 2. The first kappa shape index (κ1) is 22.0. The van der Waals surface area contributed by atoms with Gasteiger partial charge in [0.1, 0.15) is 6.10 Å². The van der Waals surface area contributed by atoms with Crippen molar-refractivity contribution in [1.29, 1.82) is 0 Å². The van der Waals surface area contributed by atoms with Gasteiger partial charge in [-0.2, -0.15) is 0 Å². The number of carbonyl (C=O) groups is 2. The summed E-state index contributed by atoms with van der Waals surface area (Å²) in [6.07, 6.45) is 0.795. The first-order valence-corrected chi connectivity index (χ1v) is 10.6. The third-order valence-corrected chi connectivity index (χ3v) is 5.82. The van der Waals surface area contributed by atoms with Crippen molar-refractivity contribution < 1.29 is 24.2 Å². The van der Waals surface area contributed by atoms with E-state index in [9.17, 15) is 14.7 Å². The van der Waals surface area contributed by atoms with E-state index in [2.05, 4.69) is 5.32 Å². The van der Waals surface area contributed by atoms with Crippen LogP contribution in [-0.4, -0.2) is 65.9 Å². The second-order valence-electron chi connectivity index (χ2n) is 7.60. The molecule has 0 spiro atoms. The van der Waals surface area contributed by atoms with Crippen molar-refractivity contribution in [3.63, 3.8) is 0 Å². The van der Waals surface area contributed by atoms with E-state index in [1.807, 2.05) is 25.1 Å². The minimum Gasteiger partial charge on any atom is -0.389 e. The Bertz CT molecular complexity index is 716. The van der Waals surface area contributed by atoms with Crippen molar-refractivity contribution in [3.8, 4) is 0 Å². The van der Waals surface area contributed by atoms with E-state index in [0.29, 0.717) is 31.0 Å². The molecule has 0 bridgehead atoms. The molecule has 0 saturated carbocycles. The summed E-state index contributed by atoms with van der Waals surface area (Å²) in [5.41, 5.74) is 0.868. The number of halogens is 1. The number of rotatable bonds is 5. The highest BCUT2D eigenvalue weighted by Gasteiger charge is 2.39. The zero-order valence-electron chi connectivity index (χ0n) is 16.7. The van der Waals surface area contributed by atoms with E-state index in [1.165, 1.54) is 0 Å². The lowest BCUT2D eigenvalue weighted by Crippen LogP contribution is -2.57. The summed E-state index contributed by atoms with van der Waals surface area (Å²) in [7, 11) is 0. The molecular weight excluding hydrogens is 396 g/mol. The third-order valence-electron chi connectivity index (χ3n) is 5.45. The van der Waals surface area contributed by atoms with Gasteiger partial charge in [0.25, 0.3) is 0 Å². The molecule has 4 atom stereocenters. The first-order valence-electron chi connectivity index (χ1n) is 10.2. The molecule has 2 aliphatic heterocycles. The Morgan fingerprint density at radius 2 is 2.07 bits per heavy atom. The van der Waals surface area contributed by atoms with Crippen LogP contribution in [0.4, 0.5) is 0 Å². The molecule has 0 unspecified atom stereocenters. The number of hydrogen-bond acceptors (Lipinski definition) is 5. The van der Waals surface area contributed by atoms with Gasteiger partial charge in [0.2, 0.25) is 11.8 Å². The summed E-state index contributed by atoms with van der Waals surface area (Å²) in [4.78, 5) is 26.5. The fraction of sp³-hybridized carbons (Fsp3) is 0.619. The van der Waals surface area contributed by atoms with Crippen LogP contribution in [0.15, 0.2) is 24.3 Å². The van der Waals surface area contributed by atoms with Crippen LogP contribution in [0.1, 0.15) is 38.2 Å². The van der Waals surface area contributed by atoms with Gasteiger partial charge < -0.3 is 24.8 Å². The summed E-state index contributed by atoms with van der Waals surface area (Å²) in [5.74, 6) is -0.0995. The highest BCUT2D eigenvalue weighted by Crippen LogP contribution is 2.28. The molecule has 2 heterocycles. The van der Waals surface area contributed by atoms with Gasteiger partial charge in [0.15, 0.2) is 0 Å². The van der Waals surface area contributed by atoms with E-state index in [-0.39, 0.29) is 49.6 Å². The molecule has 160 valence electrons.